The van der Waals surface area contributed by atoms with Crippen LogP contribution in [0.5, 0.6) is 0 Å². The Morgan fingerprint density at radius 2 is 2.09 bits per heavy atom. The summed E-state index contributed by atoms with van der Waals surface area (Å²) in [5, 5.41) is 7.49. The Labute approximate surface area is 153 Å². The zero-order valence-corrected chi connectivity index (χ0v) is 16.7. The largest absolute Gasteiger partial charge is 0.345 e. The van der Waals surface area contributed by atoms with Crippen molar-refractivity contribution < 1.29 is 4.79 Å². The molecule has 22 heavy (non-hydrogen) atoms. The molecule has 1 atom stereocenters. The summed E-state index contributed by atoms with van der Waals surface area (Å²) in [6.45, 7) is 9.11. The van der Waals surface area contributed by atoms with Crippen molar-refractivity contribution >= 4 is 53.8 Å². The fourth-order valence-electron chi connectivity index (χ4n) is 2.17. The number of hydrogen-bond donors (Lipinski definition) is 2. The molecule has 0 spiro atoms. The van der Waals surface area contributed by atoms with Crippen molar-refractivity contribution in [1.82, 2.24) is 15.6 Å². The maximum atomic E-state index is 12.2. The molecule has 1 aromatic rings. The van der Waals surface area contributed by atoms with Crippen molar-refractivity contribution in [3.8, 4) is 0 Å². The number of halogens is 2. The molecule has 0 aromatic carbocycles. The van der Waals surface area contributed by atoms with E-state index < -0.39 is 5.54 Å². The number of carbonyl (C=O) groups is 1. The molecule has 0 aliphatic carbocycles. The highest BCUT2D eigenvalue weighted by Gasteiger charge is 2.28. The van der Waals surface area contributed by atoms with Gasteiger partial charge in [-0.05, 0) is 27.7 Å². The van der Waals surface area contributed by atoms with Gasteiger partial charge < -0.3 is 10.6 Å². The molecule has 8 heteroatoms. The lowest BCUT2D eigenvalue weighted by Gasteiger charge is -2.27. The Morgan fingerprint density at radius 3 is 2.59 bits per heavy atom. The standard InChI is InChI=1S/C14H23N3OS2.2ClH/c1-9-10(2)20-13(16-9)14(3,4)17-12(18)7-11-8-19-6-5-15-11;;/h11,15H,5-8H2,1-4H3,(H,17,18);2*1H. The van der Waals surface area contributed by atoms with Gasteiger partial charge in [0.2, 0.25) is 5.91 Å². The van der Waals surface area contributed by atoms with Gasteiger partial charge in [-0.3, -0.25) is 4.79 Å². The predicted molar refractivity (Wildman–Crippen MR) is 101 cm³/mol. The van der Waals surface area contributed by atoms with E-state index in [1.54, 1.807) is 11.3 Å². The topological polar surface area (TPSA) is 54.0 Å². The van der Waals surface area contributed by atoms with Gasteiger partial charge in [0, 0.05) is 35.4 Å². The van der Waals surface area contributed by atoms with Gasteiger partial charge in [0.05, 0.1) is 11.2 Å². The molecule has 1 aliphatic heterocycles. The van der Waals surface area contributed by atoms with E-state index in [1.165, 1.54) is 4.88 Å². The number of amides is 1. The second-order valence-electron chi connectivity index (χ2n) is 5.76. The molecular formula is C14H25Cl2N3OS2. The number of nitrogens with zero attached hydrogens (tertiary/aromatic N) is 1. The molecule has 1 aliphatic rings. The van der Waals surface area contributed by atoms with Gasteiger partial charge in [0.25, 0.3) is 0 Å². The zero-order valence-electron chi connectivity index (χ0n) is 13.4. The number of thiazole rings is 1. The van der Waals surface area contributed by atoms with E-state index in [0.717, 1.165) is 28.8 Å². The highest BCUT2D eigenvalue weighted by Crippen LogP contribution is 2.27. The number of aromatic nitrogens is 1. The smallest absolute Gasteiger partial charge is 0.222 e. The lowest BCUT2D eigenvalue weighted by atomic mass is 10.1. The SMILES string of the molecule is Cc1nc(C(C)(C)NC(=O)CC2CSCCN2)sc1C.Cl.Cl. The molecule has 2 rings (SSSR count). The van der Waals surface area contributed by atoms with Crippen molar-refractivity contribution in [2.75, 3.05) is 18.1 Å². The lowest BCUT2D eigenvalue weighted by molar-refractivity contribution is -0.123. The summed E-state index contributed by atoms with van der Waals surface area (Å²) in [5.74, 6) is 2.26. The van der Waals surface area contributed by atoms with E-state index in [9.17, 15) is 4.79 Å². The number of aryl methyl sites for hydroxylation is 2. The van der Waals surface area contributed by atoms with Crippen molar-refractivity contribution in [2.24, 2.45) is 0 Å². The summed E-state index contributed by atoms with van der Waals surface area (Å²) in [6, 6.07) is 0.296. The minimum Gasteiger partial charge on any atom is -0.345 e. The van der Waals surface area contributed by atoms with E-state index in [0.29, 0.717) is 12.5 Å². The van der Waals surface area contributed by atoms with Crippen LogP contribution in [0.3, 0.4) is 0 Å². The van der Waals surface area contributed by atoms with Gasteiger partial charge >= 0.3 is 0 Å². The highest BCUT2D eigenvalue weighted by atomic mass is 35.5. The van der Waals surface area contributed by atoms with E-state index >= 15 is 0 Å². The maximum absolute atomic E-state index is 12.2. The molecule has 0 radical (unpaired) electrons. The van der Waals surface area contributed by atoms with Gasteiger partial charge in [-0.1, -0.05) is 0 Å². The minimum atomic E-state index is -0.400. The maximum Gasteiger partial charge on any atom is 0.222 e. The van der Waals surface area contributed by atoms with Crippen LogP contribution in [0.4, 0.5) is 0 Å². The summed E-state index contributed by atoms with van der Waals surface area (Å²) >= 11 is 3.58. The summed E-state index contributed by atoms with van der Waals surface area (Å²) in [7, 11) is 0. The van der Waals surface area contributed by atoms with E-state index in [-0.39, 0.29) is 30.7 Å². The Kier molecular flexibility index (Phi) is 9.32. The Balaban J connectivity index is 0.00000220. The minimum absolute atomic E-state index is 0. The Hall–Kier alpha value is -0.0100. The second kappa shape index (κ2) is 9.33. The molecule has 2 heterocycles. The highest BCUT2D eigenvalue weighted by molar-refractivity contribution is 7.99. The summed E-state index contributed by atoms with van der Waals surface area (Å²) in [6.07, 6.45) is 0.541. The molecule has 1 fully saturated rings. The van der Waals surface area contributed by atoms with E-state index in [2.05, 4.69) is 22.5 Å². The van der Waals surface area contributed by atoms with Gasteiger partial charge in [0.15, 0.2) is 0 Å². The van der Waals surface area contributed by atoms with Gasteiger partial charge in [0.1, 0.15) is 5.01 Å². The fourth-order valence-corrected chi connectivity index (χ4v) is 4.09. The van der Waals surface area contributed by atoms with Crippen LogP contribution in [-0.2, 0) is 10.3 Å². The third-order valence-electron chi connectivity index (χ3n) is 3.45. The first-order chi connectivity index (χ1) is 9.38. The number of hydrogen-bond acceptors (Lipinski definition) is 5. The molecule has 0 saturated carbocycles. The molecular weight excluding hydrogens is 361 g/mol. The Bertz CT molecular complexity index is 469. The monoisotopic (exact) mass is 385 g/mol. The van der Waals surface area contributed by atoms with E-state index in [1.807, 2.05) is 32.5 Å². The van der Waals surface area contributed by atoms with Gasteiger partial charge in [-0.2, -0.15) is 11.8 Å². The first-order valence-electron chi connectivity index (χ1n) is 6.95. The number of nitrogens with one attached hydrogen (secondary N) is 2. The predicted octanol–water partition coefficient (Wildman–Crippen LogP) is 3.05. The average Bonchev–Trinajstić information content (AvgIpc) is 2.71. The molecule has 0 bridgehead atoms. The zero-order chi connectivity index (χ0) is 14.8. The summed E-state index contributed by atoms with van der Waals surface area (Å²) in [4.78, 5) is 18.0. The van der Waals surface area contributed by atoms with Crippen LogP contribution >= 0.6 is 47.9 Å². The number of thioether (sulfide) groups is 1. The molecule has 1 saturated heterocycles. The molecule has 1 aromatic heterocycles. The normalized spacial score (nSPS) is 18.1. The molecule has 128 valence electrons. The van der Waals surface area contributed by atoms with Crippen LogP contribution in [0.15, 0.2) is 0 Å². The number of rotatable bonds is 4. The molecule has 1 unspecified atom stereocenters. The first kappa shape index (κ1) is 22.0. The van der Waals surface area contributed by atoms with Crippen molar-refractivity contribution in [2.45, 2.75) is 45.7 Å². The van der Waals surface area contributed by atoms with E-state index in [4.69, 9.17) is 0 Å². The van der Waals surface area contributed by atoms with Crippen LogP contribution in [0.2, 0.25) is 0 Å². The van der Waals surface area contributed by atoms with Gasteiger partial charge in [-0.25, -0.2) is 4.98 Å². The lowest BCUT2D eigenvalue weighted by Crippen LogP contribution is -2.46. The van der Waals surface area contributed by atoms with Crippen LogP contribution in [-0.4, -0.2) is 35.0 Å². The van der Waals surface area contributed by atoms with Crippen molar-refractivity contribution in [3.05, 3.63) is 15.6 Å². The third-order valence-corrected chi connectivity index (χ3v) is 5.97. The number of carbonyl (C=O) groups excluding carboxylic acids is 1. The van der Waals surface area contributed by atoms with Crippen LogP contribution in [0.25, 0.3) is 0 Å². The van der Waals surface area contributed by atoms with Crippen LogP contribution < -0.4 is 10.6 Å². The average molecular weight is 386 g/mol. The quantitative estimate of drug-likeness (QED) is 0.835. The first-order valence-corrected chi connectivity index (χ1v) is 8.92. The van der Waals surface area contributed by atoms with Gasteiger partial charge in [-0.15, -0.1) is 36.2 Å². The fraction of sp³-hybridized carbons (Fsp3) is 0.714. The van der Waals surface area contributed by atoms with Crippen LogP contribution in [0.1, 0.15) is 35.8 Å². The molecule has 2 N–H and O–H groups in total. The molecule has 4 nitrogen and oxygen atoms in total. The van der Waals surface area contributed by atoms with Crippen LogP contribution in [0, 0.1) is 13.8 Å². The Morgan fingerprint density at radius 1 is 1.41 bits per heavy atom. The van der Waals surface area contributed by atoms with Crippen molar-refractivity contribution in [1.29, 1.82) is 0 Å². The molecule has 1 amide bonds. The summed E-state index contributed by atoms with van der Waals surface area (Å²) < 4.78 is 0. The second-order valence-corrected chi connectivity index (χ2v) is 8.12. The third kappa shape index (κ3) is 5.89. The van der Waals surface area contributed by atoms with Crippen molar-refractivity contribution in [3.63, 3.8) is 0 Å². The summed E-state index contributed by atoms with van der Waals surface area (Å²) in [5.41, 5.74) is 0.653.